The van der Waals surface area contributed by atoms with Crippen molar-refractivity contribution >= 4 is 39.1 Å². The van der Waals surface area contributed by atoms with Crippen LogP contribution in [-0.4, -0.2) is 43.3 Å². The number of hydrogen-bond acceptors (Lipinski definition) is 4. The maximum Gasteiger partial charge on any atom is 0.264 e. The summed E-state index contributed by atoms with van der Waals surface area (Å²) >= 11 is 6.20. The van der Waals surface area contributed by atoms with Gasteiger partial charge in [0.1, 0.15) is 12.6 Å². The molecule has 0 aliphatic carbocycles. The zero-order valence-corrected chi connectivity index (χ0v) is 23.9. The standard InChI is InChI=1S/C29H34ClN3O4S/c1-21-14-16-26(17-15-21)38(36,37)33(25-13-9-12-24(30)18-25)20-27(34)32(19-23-10-7-6-8-11-23)22(2)28(35)31-29(3,4)5/h6-18,22H,19-20H2,1-5H3,(H,31,35). The summed E-state index contributed by atoms with van der Waals surface area (Å²) in [6, 6.07) is 21.2. The van der Waals surface area contributed by atoms with Gasteiger partial charge in [-0.05, 0) is 70.5 Å². The van der Waals surface area contributed by atoms with E-state index in [2.05, 4.69) is 5.32 Å². The largest absolute Gasteiger partial charge is 0.350 e. The van der Waals surface area contributed by atoms with Gasteiger partial charge in [0, 0.05) is 17.1 Å². The SMILES string of the molecule is Cc1ccc(S(=O)(=O)N(CC(=O)N(Cc2ccccc2)C(C)C(=O)NC(C)(C)C)c2cccc(Cl)c2)cc1. The summed E-state index contributed by atoms with van der Waals surface area (Å²) in [5.74, 6) is -0.862. The molecule has 0 spiro atoms. The molecule has 202 valence electrons. The quantitative estimate of drug-likeness (QED) is 0.394. The summed E-state index contributed by atoms with van der Waals surface area (Å²) in [5, 5.41) is 3.24. The van der Waals surface area contributed by atoms with Crippen molar-refractivity contribution < 1.29 is 18.0 Å². The van der Waals surface area contributed by atoms with E-state index in [1.54, 1.807) is 37.3 Å². The second-order valence-electron chi connectivity index (χ2n) is 10.2. The van der Waals surface area contributed by atoms with E-state index in [9.17, 15) is 18.0 Å². The van der Waals surface area contributed by atoms with Crippen molar-refractivity contribution in [1.29, 1.82) is 0 Å². The Labute approximate surface area is 230 Å². The molecule has 0 fully saturated rings. The lowest BCUT2D eigenvalue weighted by molar-refractivity contribution is -0.140. The smallest absolute Gasteiger partial charge is 0.264 e. The van der Waals surface area contributed by atoms with Gasteiger partial charge in [-0.3, -0.25) is 13.9 Å². The Morgan fingerprint density at radius 1 is 0.947 bits per heavy atom. The van der Waals surface area contributed by atoms with Crippen LogP contribution in [0.1, 0.15) is 38.8 Å². The normalized spacial score (nSPS) is 12.5. The van der Waals surface area contributed by atoms with Crippen LogP contribution in [0.2, 0.25) is 5.02 Å². The van der Waals surface area contributed by atoms with E-state index < -0.39 is 34.1 Å². The molecule has 1 unspecified atom stereocenters. The molecule has 2 amide bonds. The molecule has 0 heterocycles. The summed E-state index contributed by atoms with van der Waals surface area (Å²) in [7, 11) is -4.14. The Bertz CT molecular complexity index is 1370. The Kier molecular flexibility index (Phi) is 9.22. The van der Waals surface area contributed by atoms with Crippen LogP contribution in [0.3, 0.4) is 0 Å². The first-order valence-corrected chi connectivity index (χ1v) is 14.1. The fourth-order valence-corrected chi connectivity index (χ4v) is 5.42. The lowest BCUT2D eigenvalue weighted by atomic mass is 10.1. The van der Waals surface area contributed by atoms with Crippen molar-refractivity contribution in [2.24, 2.45) is 0 Å². The van der Waals surface area contributed by atoms with E-state index in [0.29, 0.717) is 5.02 Å². The molecule has 0 aromatic heterocycles. The fourth-order valence-electron chi connectivity index (χ4n) is 3.83. The third-order valence-electron chi connectivity index (χ3n) is 5.85. The second kappa shape index (κ2) is 12.0. The lowest BCUT2D eigenvalue weighted by Gasteiger charge is -2.33. The molecule has 0 bridgehead atoms. The van der Waals surface area contributed by atoms with E-state index in [4.69, 9.17) is 11.6 Å². The predicted molar refractivity (Wildman–Crippen MR) is 152 cm³/mol. The minimum absolute atomic E-state index is 0.0454. The zero-order chi connectivity index (χ0) is 28.1. The maximum absolute atomic E-state index is 13.9. The third-order valence-corrected chi connectivity index (χ3v) is 7.87. The number of aryl methyl sites for hydroxylation is 1. The monoisotopic (exact) mass is 555 g/mol. The summed E-state index contributed by atoms with van der Waals surface area (Å²) in [6.45, 7) is 8.69. The van der Waals surface area contributed by atoms with Crippen LogP contribution in [0.15, 0.2) is 83.8 Å². The fraction of sp³-hybridized carbons (Fsp3) is 0.310. The van der Waals surface area contributed by atoms with Crippen LogP contribution >= 0.6 is 11.6 Å². The maximum atomic E-state index is 13.9. The molecular formula is C29H34ClN3O4S. The number of halogens is 1. The average molecular weight is 556 g/mol. The minimum Gasteiger partial charge on any atom is -0.350 e. The number of nitrogens with one attached hydrogen (secondary N) is 1. The highest BCUT2D eigenvalue weighted by Crippen LogP contribution is 2.27. The van der Waals surface area contributed by atoms with Crippen LogP contribution < -0.4 is 9.62 Å². The Hall–Kier alpha value is -3.36. The number of carbonyl (C=O) groups excluding carboxylic acids is 2. The number of carbonyl (C=O) groups is 2. The Morgan fingerprint density at radius 2 is 1.58 bits per heavy atom. The molecule has 3 aromatic rings. The number of sulfonamides is 1. The highest BCUT2D eigenvalue weighted by molar-refractivity contribution is 7.92. The van der Waals surface area contributed by atoms with Crippen molar-refractivity contribution in [1.82, 2.24) is 10.2 Å². The zero-order valence-electron chi connectivity index (χ0n) is 22.3. The van der Waals surface area contributed by atoms with Crippen LogP contribution in [0, 0.1) is 6.92 Å². The van der Waals surface area contributed by atoms with Gasteiger partial charge in [-0.15, -0.1) is 0 Å². The molecule has 1 atom stereocenters. The lowest BCUT2D eigenvalue weighted by Crippen LogP contribution is -2.54. The predicted octanol–water partition coefficient (Wildman–Crippen LogP) is 5.18. The van der Waals surface area contributed by atoms with E-state index in [1.165, 1.54) is 23.1 Å². The van der Waals surface area contributed by atoms with E-state index in [-0.39, 0.29) is 23.0 Å². The van der Waals surface area contributed by atoms with Gasteiger partial charge in [0.2, 0.25) is 11.8 Å². The van der Waals surface area contributed by atoms with Gasteiger partial charge in [-0.2, -0.15) is 0 Å². The molecule has 0 saturated heterocycles. The number of amides is 2. The summed E-state index contributed by atoms with van der Waals surface area (Å²) in [4.78, 5) is 28.4. The first-order valence-electron chi connectivity index (χ1n) is 12.3. The number of nitrogens with zero attached hydrogens (tertiary/aromatic N) is 2. The minimum atomic E-state index is -4.14. The van der Waals surface area contributed by atoms with Crippen molar-refractivity contribution in [3.8, 4) is 0 Å². The van der Waals surface area contributed by atoms with Crippen LogP contribution in [-0.2, 0) is 26.2 Å². The molecule has 9 heteroatoms. The van der Waals surface area contributed by atoms with Gasteiger partial charge in [0.25, 0.3) is 10.0 Å². The molecule has 0 aliphatic rings. The van der Waals surface area contributed by atoms with Crippen molar-refractivity contribution in [3.63, 3.8) is 0 Å². The van der Waals surface area contributed by atoms with Crippen LogP contribution in [0.25, 0.3) is 0 Å². The van der Waals surface area contributed by atoms with Crippen molar-refractivity contribution in [2.45, 2.75) is 57.6 Å². The van der Waals surface area contributed by atoms with Crippen LogP contribution in [0.4, 0.5) is 5.69 Å². The number of hydrogen-bond donors (Lipinski definition) is 1. The van der Waals surface area contributed by atoms with Gasteiger partial charge >= 0.3 is 0 Å². The molecular weight excluding hydrogens is 522 g/mol. The Balaban J connectivity index is 2.03. The van der Waals surface area contributed by atoms with E-state index >= 15 is 0 Å². The van der Waals surface area contributed by atoms with Gasteiger partial charge < -0.3 is 10.2 Å². The topological polar surface area (TPSA) is 86.8 Å². The molecule has 0 radical (unpaired) electrons. The Morgan fingerprint density at radius 3 is 2.16 bits per heavy atom. The average Bonchev–Trinajstić information content (AvgIpc) is 2.85. The van der Waals surface area contributed by atoms with E-state index in [1.807, 2.05) is 58.0 Å². The number of rotatable bonds is 9. The van der Waals surface area contributed by atoms with Crippen molar-refractivity contribution in [3.05, 3.63) is 95.0 Å². The molecule has 1 N–H and O–H groups in total. The first-order chi connectivity index (χ1) is 17.8. The van der Waals surface area contributed by atoms with E-state index in [0.717, 1.165) is 15.4 Å². The number of benzene rings is 3. The van der Waals surface area contributed by atoms with Gasteiger partial charge in [-0.25, -0.2) is 8.42 Å². The van der Waals surface area contributed by atoms with Gasteiger partial charge in [-0.1, -0.05) is 65.7 Å². The van der Waals surface area contributed by atoms with Gasteiger partial charge in [0.05, 0.1) is 10.6 Å². The summed E-state index contributed by atoms with van der Waals surface area (Å²) in [5.41, 5.74) is 1.46. The molecule has 3 rings (SSSR count). The summed E-state index contributed by atoms with van der Waals surface area (Å²) in [6.07, 6.45) is 0. The molecule has 7 nitrogen and oxygen atoms in total. The molecule has 0 saturated carbocycles. The highest BCUT2D eigenvalue weighted by Gasteiger charge is 2.33. The summed E-state index contributed by atoms with van der Waals surface area (Å²) < 4.78 is 28.6. The number of anilines is 1. The second-order valence-corrected chi connectivity index (χ2v) is 12.5. The first kappa shape index (κ1) is 29.2. The van der Waals surface area contributed by atoms with Crippen LogP contribution in [0.5, 0.6) is 0 Å². The third kappa shape index (κ3) is 7.58. The van der Waals surface area contributed by atoms with Crippen molar-refractivity contribution in [2.75, 3.05) is 10.8 Å². The highest BCUT2D eigenvalue weighted by atomic mass is 35.5. The van der Waals surface area contributed by atoms with Gasteiger partial charge in [0.15, 0.2) is 0 Å². The molecule has 3 aromatic carbocycles. The molecule has 0 aliphatic heterocycles. The molecule has 38 heavy (non-hydrogen) atoms.